The minimum absolute atomic E-state index is 0.0794. The van der Waals surface area contributed by atoms with Crippen molar-refractivity contribution in [2.45, 2.75) is 13.8 Å². The molecule has 0 unspecified atom stereocenters. The average molecular weight is 440 g/mol. The van der Waals surface area contributed by atoms with Gasteiger partial charge >= 0.3 is 0 Å². The standard InChI is InChI=1S/C24H28N2O6/c1-7-10-26-17-13-16(8-9-18(17)32-14-24(2,3)23(26)28)25-22(27)15-11-19(29-4)21(31-6)20(12-15)30-5/h7-9,11-13H,1,10,14H2,2-6H3,(H,25,27). The fourth-order valence-electron chi connectivity index (χ4n) is 3.45. The number of hydrogen-bond acceptors (Lipinski definition) is 6. The number of methoxy groups -OCH3 is 3. The summed E-state index contributed by atoms with van der Waals surface area (Å²) in [5.74, 6) is 1.26. The minimum Gasteiger partial charge on any atom is -0.493 e. The van der Waals surface area contributed by atoms with Crippen molar-refractivity contribution in [2.75, 3.05) is 44.7 Å². The number of ether oxygens (including phenoxy) is 4. The van der Waals surface area contributed by atoms with E-state index in [1.807, 2.05) is 13.8 Å². The van der Waals surface area contributed by atoms with E-state index in [9.17, 15) is 9.59 Å². The first-order valence-corrected chi connectivity index (χ1v) is 10.1. The number of nitrogens with one attached hydrogen (secondary N) is 1. The zero-order valence-electron chi connectivity index (χ0n) is 19.0. The van der Waals surface area contributed by atoms with Crippen molar-refractivity contribution in [1.82, 2.24) is 0 Å². The van der Waals surface area contributed by atoms with Gasteiger partial charge in [-0.2, -0.15) is 0 Å². The highest BCUT2D eigenvalue weighted by Gasteiger charge is 2.37. The first-order valence-electron chi connectivity index (χ1n) is 10.1. The summed E-state index contributed by atoms with van der Waals surface area (Å²) in [6.45, 7) is 8.01. The number of amides is 2. The fourth-order valence-corrected chi connectivity index (χ4v) is 3.45. The maximum absolute atomic E-state index is 13.0. The molecule has 2 amide bonds. The van der Waals surface area contributed by atoms with Gasteiger partial charge in [0.2, 0.25) is 11.7 Å². The number of nitrogens with zero attached hydrogens (tertiary/aromatic N) is 1. The quantitative estimate of drug-likeness (QED) is 0.657. The maximum Gasteiger partial charge on any atom is 0.255 e. The Morgan fingerprint density at radius 3 is 2.38 bits per heavy atom. The van der Waals surface area contributed by atoms with Gasteiger partial charge in [-0.25, -0.2) is 0 Å². The summed E-state index contributed by atoms with van der Waals surface area (Å²) in [6.07, 6.45) is 1.66. The van der Waals surface area contributed by atoms with E-state index in [1.54, 1.807) is 41.3 Å². The van der Waals surface area contributed by atoms with E-state index >= 15 is 0 Å². The van der Waals surface area contributed by atoms with Gasteiger partial charge in [0.05, 0.1) is 32.4 Å². The summed E-state index contributed by atoms with van der Waals surface area (Å²) in [4.78, 5) is 27.6. The van der Waals surface area contributed by atoms with E-state index in [0.717, 1.165) is 0 Å². The van der Waals surface area contributed by atoms with E-state index < -0.39 is 5.41 Å². The molecule has 1 N–H and O–H groups in total. The molecule has 0 radical (unpaired) electrons. The summed E-state index contributed by atoms with van der Waals surface area (Å²) in [6, 6.07) is 8.32. The highest BCUT2D eigenvalue weighted by atomic mass is 16.5. The molecule has 0 aromatic heterocycles. The van der Waals surface area contributed by atoms with Crippen LogP contribution in [0.25, 0.3) is 0 Å². The number of hydrogen-bond donors (Lipinski definition) is 1. The summed E-state index contributed by atoms with van der Waals surface area (Å²) in [5, 5.41) is 2.86. The monoisotopic (exact) mass is 440 g/mol. The molecule has 1 aliphatic heterocycles. The van der Waals surface area contributed by atoms with Crippen molar-refractivity contribution in [3.05, 3.63) is 48.6 Å². The van der Waals surface area contributed by atoms with Crippen LogP contribution in [0, 0.1) is 5.41 Å². The van der Waals surface area contributed by atoms with Crippen molar-refractivity contribution in [3.63, 3.8) is 0 Å². The third-order valence-corrected chi connectivity index (χ3v) is 5.16. The lowest BCUT2D eigenvalue weighted by molar-refractivity contribution is -0.127. The molecule has 0 atom stereocenters. The van der Waals surface area contributed by atoms with E-state index in [1.165, 1.54) is 21.3 Å². The predicted octanol–water partition coefficient (Wildman–Crippen LogP) is 3.90. The first-order chi connectivity index (χ1) is 15.2. The number of carbonyl (C=O) groups is 2. The third-order valence-electron chi connectivity index (χ3n) is 5.16. The number of benzene rings is 2. The van der Waals surface area contributed by atoms with Crippen LogP contribution < -0.4 is 29.2 Å². The maximum atomic E-state index is 13.0. The molecular weight excluding hydrogens is 412 g/mol. The van der Waals surface area contributed by atoms with Crippen LogP contribution in [-0.2, 0) is 4.79 Å². The molecule has 8 heteroatoms. The van der Waals surface area contributed by atoms with Crippen molar-refractivity contribution in [2.24, 2.45) is 5.41 Å². The van der Waals surface area contributed by atoms with Crippen LogP contribution in [0.2, 0.25) is 0 Å². The molecule has 170 valence electrons. The van der Waals surface area contributed by atoms with Gasteiger partial charge in [-0.05, 0) is 44.2 Å². The Balaban J connectivity index is 1.95. The largest absolute Gasteiger partial charge is 0.493 e. The van der Waals surface area contributed by atoms with Crippen LogP contribution in [-0.4, -0.2) is 46.3 Å². The Morgan fingerprint density at radius 2 is 1.81 bits per heavy atom. The van der Waals surface area contributed by atoms with Crippen molar-refractivity contribution in [1.29, 1.82) is 0 Å². The van der Waals surface area contributed by atoms with Crippen LogP contribution in [0.3, 0.4) is 0 Å². The minimum atomic E-state index is -0.693. The van der Waals surface area contributed by atoms with Gasteiger partial charge in [0, 0.05) is 17.8 Å². The Morgan fingerprint density at radius 1 is 1.16 bits per heavy atom. The van der Waals surface area contributed by atoms with Crippen molar-refractivity contribution < 1.29 is 28.5 Å². The van der Waals surface area contributed by atoms with Gasteiger partial charge in [-0.3, -0.25) is 9.59 Å². The molecule has 0 spiro atoms. The molecule has 8 nitrogen and oxygen atoms in total. The molecule has 3 rings (SSSR count). The van der Waals surface area contributed by atoms with Crippen LogP contribution in [0.5, 0.6) is 23.0 Å². The van der Waals surface area contributed by atoms with Gasteiger partial charge in [0.15, 0.2) is 11.5 Å². The Kier molecular flexibility index (Phi) is 6.62. The second-order valence-corrected chi connectivity index (χ2v) is 7.93. The van der Waals surface area contributed by atoms with Gasteiger partial charge in [0.1, 0.15) is 12.4 Å². The zero-order valence-corrected chi connectivity index (χ0v) is 19.0. The molecule has 1 aliphatic rings. The molecule has 0 saturated carbocycles. The topological polar surface area (TPSA) is 86.3 Å². The Hall–Kier alpha value is -3.68. The highest BCUT2D eigenvalue weighted by Crippen LogP contribution is 2.40. The number of rotatable bonds is 7. The van der Waals surface area contributed by atoms with Crippen molar-refractivity contribution in [3.8, 4) is 23.0 Å². The lowest BCUT2D eigenvalue weighted by Gasteiger charge is -2.27. The molecule has 0 aliphatic carbocycles. The van der Waals surface area contributed by atoms with Crippen LogP contribution in [0.15, 0.2) is 43.0 Å². The molecule has 2 aromatic carbocycles. The fraction of sp³-hybridized carbons (Fsp3) is 0.333. The molecule has 1 heterocycles. The first kappa shape index (κ1) is 23.0. The third kappa shape index (κ3) is 4.34. The molecule has 0 bridgehead atoms. The van der Waals surface area contributed by atoms with Crippen LogP contribution >= 0.6 is 0 Å². The second kappa shape index (κ2) is 9.21. The summed E-state index contributed by atoms with van der Waals surface area (Å²) >= 11 is 0. The highest BCUT2D eigenvalue weighted by molar-refractivity contribution is 6.06. The van der Waals surface area contributed by atoms with E-state index in [-0.39, 0.29) is 18.4 Å². The number of fused-ring (bicyclic) bond motifs is 1. The van der Waals surface area contributed by atoms with Crippen LogP contribution in [0.1, 0.15) is 24.2 Å². The van der Waals surface area contributed by atoms with Gasteiger partial charge < -0.3 is 29.2 Å². The summed E-state index contributed by atoms with van der Waals surface area (Å²) < 4.78 is 21.8. The van der Waals surface area contributed by atoms with Crippen LogP contribution in [0.4, 0.5) is 11.4 Å². The second-order valence-electron chi connectivity index (χ2n) is 7.93. The zero-order chi connectivity index (χ0) is 23.5. The lowest BCUT2D eigenvalue weighted by Crippen LogP contribution is -2.42. The van der Waals surface area contributed by atoms with E-state index in [2.05, 4.69) is 11.9 Å². The van der Waals surface area contributed by atoms with Gasteiger partial charge in [-0.15, -0.1) is 6.58 Å². The number of anilines is 2. The molecule has 0 fully saturated rings. The van der Waals surface area contributed by atoms with Gasteiger partial charge in [-0.1, -0.05) is 6.08 Å². The van der Waals surface area contributed by atoms with Crippen molar-refractivity contribution >= 4 is 23.2 Å². The Bertz CT molecular complexity index is 1020. The van der Waals surface area contributed by atoms with E-state index in [4.69, 9.17) is 18.9 Å². The normalized spacial score (nSPS) is 14.5. The van der Waals surface area contributed by atoms with E-state index in [0.29, 0.717) is 46.5 Å². The van der Waals surface area contributed by atoms with Gasteiger partial charge in [0.25, 0.3) is 5.91 Å². The predicted molar refractivity (Wildman–Crippen MR) is 122 cm³/mol. The Labute approximate surface area is 187 Å². The molecule has 2 aromatic rings. The smallest absolute Gasteiger partial charge is 0.255 e. The lowest BCUT2D eigenvalue weighted by atomic mass is 9.93. The molecule has 0 saturated heterocycles. The molecular formula is C24H28N2O6. The summed E-state index contributed by atoms with van der Waals surface area (Å²) in [5.41, 5.74) is 0.712. The summed E-state index contributed by atoms with van der Waals surface area (Å²) in [7, 11) is 4.46. The SMILES string of the molecule is C=CCN1C(=O)C(C)(C)COc2ccc(NC(=O)c3cc(OC)c(OC)c(OC)c3)cc21. The molecule has 32 heavy (non-hydrogen) atoms. The number of carbonyl (C=O) groups excluding carboxylic acids is 2. The average Bonchev–Trinajstić information content (AvgIpc) is 2.88.